The Morgan fingerprint density at radius 3 is 2.62 bits per heavy atom. The molecule has 0 bridgehead atoms. The van der Waals surface area contributed by atoms with Crippen LogP contribution in [0.2, 0.25) is 0 Å². The number of aromatic hydroxyl groups is 1. The first-order valence-corrected chi connectivity index (χ1v) is 6.77. The first-order chi connectivity index (χ1) is 10.1. The maximum Gasteiger partial charge on any atom is 0.338 e. The lowest BCUT2D eigenvalue weighted by atomic mass is 10.2. The van der Waals surface area contributed by atoms with Gasteiger partial charge in [0, 0.05) is 12.3 Å². The molecule has 0 spiro atoms. The molecule has 0 aliphatic carbocycles. The van der Waals surface area contributed by atoms with Crippen LogP contribution in [0.1, 0.15) is 23.0 Å². The molecule has 5 heteroatoms. The van der Waals surface area contributed by atoms with E-state index in [1.54, 1.807) is 35.0 Å². The predicted molar refractivity (Wildman–Crippen MR) is 78.5 cm³/mol. The van der Waals surface area contributed by atoms with Crippen molar-refractivity contribution in [2.24, 2.45) is 0 Å². The standard InChI is InChI=1S/C16H17NO4/c1-2-13-15(19)14(18)8-9-17(13)10-11-21-16(20)12-6-4-3-5-7-12/h3-9,19H,2,10-11H2,1H3. The van der Waals surface area contributed by atoms with Crippen LogP contribution in [0.15, 0.2) is 47.4 Å². The highest BCUT2D eigenvalue weighted by atomic mass is 16.5. The van der Waals surface area contributed by atoms with Gasteiger partial charge in [0.05, 0.1) is 17.8 Å². The number of ether oxygens (including phenoxy) is 1. The molecule has 0 amide bonds. The first kappa shape index (κ1) is 14.8. The molecule has 1 aromatic heterocycles. The number of esters is 1. The van der Waals surface area contributed by atoms with Gasteiger partial charge >= 0.3 is 5.97 Å². The minimum Gasteiger partial charge on any atom is -0.503 e. The van der Waals surface area contributed by atoms with E-state index in [0.29, 0.717) is 24.2 Å². The predicted octanol–water partition coefficient (Wildman–Crippen LogP) is 1.97. The molecule has 5 nitrogen and oxygen atoms in total. The van der Waals surface area contributed by atoms with Crippen molar-refractivity contribution in [2.45, 2.75) is 19.9 Å². The Morgan fingerprint density at radius 1 is 1.24 bits per heavy atom. The Labute approximate surface area is 122 Å². The number of rotatable bonds is 5. The molecule has 2 aromatic rings. The molecule has 1 N–H and O–H groups in total. The van der Waals surface area contributed by atoms with Crippen molar-refractivity contribution in [2.75, 3.05) is 6.61 Å². The zero-order chi connectivity index (χ0) is 15.2. The molecule has 0 unspecified atom stereocenters. The van der Waals surface area contributed by atoms with Gasteiger partial charge in [-0.15, -0.1) is 0 Å². The number of benzene rings is 1. The third kappa shape index (κ3) is 3.51. The maximum atomic E-state index is 11.8. The molecule has 0 radical (unpaired) electrons. The van der Waals surface area contributed by atoms with Crippen molar-refractivity contribution in [1.29, 1.82) is 0 Å². The fourth-order valence-corrected chi connectivity index (χ4v) is 2.08. The van der Waals surface area contributed by atoms with Gasteiger partial charge in [-0.3, -0.25) is 4.79 Å². The van der Waals surface area contributed by atoms with E-state index in [4.69, 9.17) is 4.74 Å². The van der Waals surface area contributed by atoms with E-state index in [0.717, 1.165) is 0 Å². The second kappa shape index (κ2) is 6.74. The summed E-state index contributed by atoms with van der Waals surface area (Å²) in [5.41, 5.74) is 0.638. The van der Waals surface area contributed by atoms with Crippen LogP contribution in [0.25, 0.3) is 0 Å². The summed E-state index contributed by atoms with van der Waals surface area (Å²) in [5, 5.41) is 9.72. The van der Waals surface area contributed by atoms with Crippen molar-refractivity contribution in [3.05, 3.63) is 64.1 Å². The number of hydrogen-bond donors (Lipinski definition) is 1. The van der Waals surface area contributed by atoms with Crippen LogP contribution in [0, 0.1) is 0 Å². The highest BCUT2D eigenvalue weighted by Crippen LogP contribution is 2.12. The fraction of sp³-hybridized carbons (Fsp3) is 0.250. The van der Waals surface area contributed by atoms with E-state index in [-0.39, 0.29) is 18.3 Å². The number of carbonyl (C=O) groups excluding carboxylic acids is 1. The van der Waals surface area contributed by atoms with Gasteiger partial charge < -0.3 is 14.4 Å². The Morgan fingerprint density at radius 2 is 1.95 bits per heavy atom. The summed E-state index contributed by atoms with van der Waals surface area (Å²) in [6, 6.07) is 10.0. The molecule has 0 atom stereocenters. The molecule has 0 saturated carbocycles. The molecule has 21 heavy (non-hydrogen) atoms. The van der Waals surface area contributed by atoms with E-state index in [2.05, 4.69) is 0 Å². The first-order valence-electron chi connectivity index (χ1n) is 6.77. The van der Waals surface area contributed by atoms with E-state index in [9.17, 15) is 14.7 Å². The van der Waals surface area contributed by atoms with Crippen LogP contribution >= 0.6 is 0 Å². The number of nitrogens with zero attached hydrogens (tertiary/aromatic N) is 1. The zero-order valence-electron chi connectivity index (χ0n) is 11.8. The quantitative estimate of drug-likeness (QED) is 0.854. The third-order valence-electron chi connectivity index (χ3n) is 3.17. The second-order valence-corrected chi connectivity index (χ2v) is 4.52. The summed E-state index contributed by atoms with van der Waals surface area (Å²) in [6.07, 6.45) is 2.12. The highest BCUT2D eigenvalue weighted by molar-refractivity contribution is 5.89. The van der Waals surface area contributed by atoms with Crippen LogP contribution in [0.5, 0.6) is 5.75 Å². The van der Waals surface area contributed by atoms with Gasteiger partial charge in [0.25, 0.3) is 0 Å². The summed E-state index contributed by atoms with van der Waals surface area (Å²) >= 11 is 0. The van der Waals surface area contributed by atoms with Crippen LogP contribution in [0.4, 0.5) is 0 Å². The Bertz CT molecular complexity index is 676. The van der Waals surface area contributed by atoms with Gasteiger partial charge in [-0.1, -0.05) is 25.1 Å². The van der Waals surface area contributed by atoms with Gasteiger partial charge in [0.1, 0.15) is 6.61 Å². The van der Waals surface area contributed by atoms with Gasteiger partial charge in [-0.05, 0) is 18.6 Å². The van der Waals surface area contributed by atoms with E-state index >= 15 is 0 Å². The molecular weight excluding hydrogens is 270 g/mol. The Kier molecular flexibility index (Phi) is 4.77. The van der Waals surface area contributed by atoms with Crippen molar-refractivity contribution in [1.82, 2.24) is 4.57 Å². The van der Waals surface area contributed by atoms with Gasteiger partial charge in [0.2, 0.25) is 5.43 Å². The lowest BCUT2D eigenvalue weighted by Gasteiger charge is -2.13. The normalized spacial score (nSPS) is 10.3. The van der Waals surface area contributed by atoms with Crippen molar-refractivity contribution in [3.8, 4) is 5.75 Å². The third-order valence-corrected chi connectivity index (χ3v) is 3.17. The Balaban J connectivity index is 2.00. The summed E-state index contributed by atoms with van der Waals surface area (Å²) in [5.74, 6) is -0.631. The van der Waals surface area contributed by atoms with Crippen LogP contribution < -0.4 is 5.43 Å². The average Bonchev–Trinajstić information content (AvgIpc) is 2.51. The second-order valence-electron chi connectivity index (χ2n) is 4.52. The van der Waals surface area contributed by atoms with Gasteiger partial charge in [-0.25, -0.2) is 4.79 Å². The monoisotopic (exact) mass is 287 g/mol. The van der Waals surface area contributed by atoms with Crippen molar-refractivity contribution < 1.29 is 14.6 Å². The minimum absolute atomic E-state index is 0.170. The Hall–Kier alpha value is -2.56. The van der Waals surface area contributed by atoms with Crippen LogP contribution in [-0.4, -0.2) is 22.2 Å². The van der Waals surface area contributed by atoms with Gasteiger partial charge in [-0.2, -0.15) is 0 Å². The van der Waals surface area contributed by atoms with Crippen molar-refractivity contribution in [3.63, 3.8) is 0 Å². The number of carbonyl (C=O) groups is 1. The van der Waals surface area contributed by atoms with E-state index < -0.39 is 5.43 Å². The topological polar surface area (TPSA) is 68.5 Å². The zero-order valence-corrected chi connectivity index (χ0v) is 11.8. The molecule has 1 aromatic carbocycles. The molecular formula is C16H17NO4. The van der Waals surface area contributed by atoms with Crippen molar-refractivity contribution >= 4 is 5.97 Å². The average molecular weight is 287 g/mol. The summed E-state index contributed by atoms with van der Waals surface area (Å²) in [6.45, 7) is 2.40. The molecule has 0 aliphatic rings. The molecule has 0 fully saturated rings. The largest absolute Gasteiger partial charge is 0.503 e. The lowest BCUT2D eigenvalue weighted by molar-refractivity contribution is 0.0490. The van der Waals surface area contributed by atoms with E-state index in [1.807, 2.05) is 13.0 Å². The minimum atomic E-state index is -0.399. The molecule has 2 rings (SSSR count). The molecule has 110 valence electrons. The molecule has 0 saturated heterocycles. The van der Waals surface area contributed by atoms with Gasteiger partial charge in [0.15, 0.2) is 5.75 Å². The van der Waals surface area contributed by atoms with Crippen LogP contribution in [-0.2, 0) is 17.7 Å². The molecule has 0 aliphatic heterocycles. The van der Waals surface area contributed by atoms with E-state index in [1.165, 1.54) is 6.07 Å². The summed E-state index contributed by atoms with van der Waals surface area (Å²) in [7, 11) is 0. The smallest absolute Gasteiger partial charge is 0.338 e. The number of hydrogen-bond acceptors (Lipinski definition) is 4. The molecule has 1 heterocycles. The maximum absolute atomic E-state index is 11.8. The fourth-order valence-electron chi connectivity index (χ4n) is 2.08. The summed E-state index contributed by atoms with van der Waals surface area (Å²) < 4.78 is 6.90. The number of pyridine rings is 1. The van der Waals surface area contributed by atoms with Crippen LogP contribution in [0.3, 0.4) is 0 Å². The SMILES string of the molecule is CCc1c(O)c(=O)ccn1CCOC(=O)c1ccccc1. The summed E-state index contributed by atoms with van der Waals surface area (Å²) in [4.78, 5) is 23.1. The lowest BCUT2D eigenvalue weighted by Crippen LogP contribution is -2.16. The number of aromatic nitrogens is 1. The highest BCUT2D eigenvalue weighted by Gasteiger charge is 2.09.